The van der Waals surface area contributed by atoms with E-state index in [1.165, 1.54) is 6.92 Å². The molecular formula is C9H17N3O2. The highest BCUT2D eigenvalue weighted by Gasteiger charge is 2.27. The molecule has 1 rings (SSSR count). The second-order valence-electron chi connectivity index (χ2n) is 3.76. The molecule has 1 saturated heterocycles. The first-order valence-corrected chi connectivity index (χ1v) is 4.82. The van der Waals surface area contributed by atoms with Crippen molar-refractivity contribution in [2.24, 2.45) is 5.73 Å². The fraction of sp³-hybridized carbons (Fsp3) is 0.778. The Morgan fingerprint density at radius 1 is 1.57 bits per heavy atom. The van der Waals surface area contributed by atoms with Crippen molar-refractivity contribution in [3.63, 3.8) is 0 Å². The number of nitrogens with two attached hydrogens (primary N) is 1. The van der Waals surface area contributed by atoms with Crippen LogP contribution in [0.25, 0.3) is 0 Å². The maximum atomic E-state index is 11.5. The van der Waals surface area contributed by atoms with Crippen LogP contribution in [0.1, 0.15) is 20.3 Å². The van der Waals surface area contributed by atoms with Gasteiger partial charge in [-0.2, -0.15) is 0 Å². The van der Waals surface area contributed by atoms with Gasteiger partial charge in [0.15, 0.2) is 0 Å². The van der Waals surface area contributed by atoms with Crippen molar-refractivity contribution in [3.8, 4) is 0 Å². The van der Waals surface area contributed by atoms with Crippen molar-refractivity contribution in [2.45, 2.75) is 32.4 Å². The zero-order chi connectivity index (χ0) is 10.7. The highest BCUT2D eigenvalue weighted by atomic mass is 16.2. The number of carbonyl (C=O) groups is 2. The van der Waals surface area contributed by atoms with Crippen LogP contribution in [0.3, 0.4) is 0 Å². The molecular weight excluding hydrogens is 182 g/mol. The van der Waals surface area contributed by atoms with E-state index in [1.807, 2.05) is 0 Å². The zero-order valence-corrected chi connectivity index (χ0v) is 8.62. The van der Waals surface area contributed by atoms with E-state index in [1.54, 1.807) is 11.8 Å². The molecule has 14 heavy (non-hydrogen) atoms. The molecule has 80 valence electrons. The smallest absolute Gasteiger partial charge is 0.239 e. The SMILES string of the molecule is CC(=O)N[C@H]1CCN(C(=O)[C@H](C)N)C1. The number of nitrogens with one attached hydrogen (secondary N) is 1. The van der Waals surface area contributed by atoms with Crippen LogP contribution < -0.4 is 11.1 Å². The summed E-state index contributed by atoms with van der Waals surface area (Å²) in [5, 5.41) is 2.79. The Morgan fingerprint density at radius 2 is 2.21 bits per heavy atom. The minimum absolute atomic E-state index is 0.0437. The van der Waals surface area contributed by atoms with Crippen molar-refractivity contribution in [1.29, 1.82) is 0 Å². The van der Waals surface area contributed by atoms with E-state index >= 15 is 0 Å². The largest absolute Gasteiger partial charge is 0.352 e. The lowest BCUT2D eigenvalue weighted by Crippen LogP contribution is -2.43. The van der Waals surface area contributed by atoms with Crippen LogP contribution in [0.15, 0.2) is 0 Å². The summed E-state index contributed by atoms with van der Waals surface area (Å²) in [4.78, 5) is 23.9. The summed E-state index contributed by atoms with van der Waals surface area (Å²) in [7, 11) is 0. The number of likely N-dealkylation sites (tertiary alicyclic amines) is 1. The lowest BCUT2D eigenvalue weighted by Gasteiger charge is -2.18. The third kappa shape index (κ3) is 2.70. The molecule has 5 heteroatoms. The molecule has 1 aliphatic rings. The standard InChI is InChI=1S/C9H17N3O2/c1-6(10)9(14)12-4-3-8(5-12)11-7(2)13/h6,8H,3-5,10H2,1-2H3,(H,11,13)/t6-,8-/m0/s1. The van der Waals surface area contributed by atoms with Gasteiger partial charge in [0.2, 0.25) is 11.8 Å². The summed E-state index contributed by atoms with van der Waals surface area (Å²) in [5.74, 6) is -0.0945. The molecule has 1 fully saturated rings. The number of hydrogen-bond donors (Lipinski definition) is 2. The Labute approximate surface area is 83.6 Å². The van der Waals surface area contributed by atoms with Crippen molar-refractivity contribution in [3.05, 3.63) is 0 Å². The second-order valence-corrected chi connectivity index (χ2v) is 3.76. The highest BCUT2D eigenvalue weighted by molar-refractivity contribution is 5.81. The summed E-state index contributed by atoms with van der Waals surface area (Å²) in [6.45, 7) is 4.43. The van der Waals surface area contributed by atoms with E-state index in [2.05, 4.69) is 5.32 Å². The van der Waals surface area contributed by atoms with Crippen LogP contribution >= 0.6 is 0 Å². The van der Waals surface area contributed by atoms with E-state index in [0.717, 1.165) is 6.42 Å². The van der Waals surface area contributed by atoms with Crippen LogP contribution in [0.5, 0.6) is 0 Å². The molecule has 0 bridgehead atoms. The van der Waals surface area contributed by atoms with E-state index in [-0.39, 0.29) is 17.9 Å². The van der Waals surface area contributed by atoms with Gasteiger partial charge in [0, 0.05) is 26.1 Å². The lowest BCUT2D eigenvalue weighted by molar-refractivity contribution is -0.131. The molecule has 0 unspecified atom stereocenters. The number of amides is 2. The van der Waals surface area contributed by atoms with Crippen molar-refractivity contribution >= 4 is 11.8 Å². The van der Waals surface area contributed by atoms with Crippen molar-refractivity contribution < 1.29 is 9.59 Å². The molecule has 0 radical (unpaired) electrons. The number of rotatable bonds is 2. The molecule has 0 aliphatic carbocycles. The van der Waals surface area contributed by atoms with Gasteiger partial charge in [-0.1, -0.05) is 0 Å². The van der Waals surface area contributed by atoms with Gasteiger partial charge in [0.25, 0.3) is 0 Å². The zero-order valence-electron chi connectivity index (χ0n) is 8.62. The van der Waals surface area contributed by atoms with Gasteiger partial charge < -0.3 is 16.0 Å². The third-order valence-corrected chi connectivity index (χ3v) is 2.30. The van der Waals surface area contributed by atoms with Crippen LogP contribution in [-0.4, -0.2) is 41.9 Å². The first-order chi connectivity index (χ1) is 6.50. The summed E-state index contributed by atoms with van der Waals surface area (Å²) < 4.78 is 0. The second kappa shape index (κ2) is 4.41. The Balaban J connectivity index is 2.41. The van der Waals surface area contributed by atoms with Crippen LogP contribution in [0.4, 0.5) is 0 Å². The van der Waals surface area contributed by atoms with E-state index in [0.29, 0.717) is 13.1 Å². The molecule has 0 aromatic heterocycles. The molecule has 5 nitrogen and oxygen atoms in total. The normalized spacial score (nSPS) is 23.4. The summed E-state index contributed by atoms with van der Waals surface area (Å²) >= 11 is 0. The summed E-state index contributed by atoms with van der Waals surface area (Å²) in [6, 6.07) is -0.360. The predicted octanol–water partition coefficient (Wildman–Crippen LogP) is -0.929. The van der Waals surface area contributed by atoms with Crippen LogP contribution in [0, 0.1) is 0 Å². The van der Waals surface area contributed by atoms with Gasteiger partial charge in [0.1, 0.15) is 0 Å². The third-order valence-electron chi connectivity index (χ3n) is 2.30. The fourth-order valence-electron chi connectivity index (χ4n) is 1.65. The number of carbonyl (C=O) groups excluding carboxylic acids is 2. The summed E-state index contributed by atoms with van der Waals surface area (Å²) in [6.07, 6.45) is 0.818. The van der Waals surface area contributed by atoms with E-state index in [9.17, 15) is 9.59 Å². The van der Waals surface area contributed by atoms with Crippen LogP contribution in [-0.2, 0) is 9.59 Å². The Hall–Kier alpha value is -1.10. The Bertz CT molecular complexity index is 240. The first-order valence-electron chi connectivity index (χ1n) is 4.82. The average Bonchev–Trinajstić information content (AvgIpc) is 2.50. The molecule has 0 saturated carbocycles. The summed E-state index contributed by atoms with van der Waals surface area (Å²) in [5.41, 5.74) is 5.48. The maximum Gasteiger partial charge on any atom is 0.239 e. The molecule has 1 aliphatic heterocycles. The van der Waals surface area contributed by atoms with E-state index in [4.69, 9.17) is 5.73 Å². The van der Waals surface area contributed by atoms with Gasteiger partial charge in [-0.25, -0.2) is 0 Å². The van der Waals surface area contributed by atoms with Gasteiger partial charge in [-0.05, 0) is 13.3 Å². The van der Waals surface area contributed by atoms with Gasteiger partial charge >= 0.3 is 0 Å². The monoisotopic (exact) mass is 199 g/mol. The average molecular weight is 199 g/mol. The Kier molecular flexibility index (Phi) is 3.46. The van der Waals surface area contributed by atoms with Gasteiger partial charge in [0.05, 0.1) is 6.04 Å². The maximum absolute atomic E-state index is 11.5. The van der Waals surface area contributed by atoms with Gasteiger partial charge in [-0.3, -0.25) is 9.59 Å². The molecule has 0 spiro atoms. The fourth-order valence-corrected chi connectivity index (χ4v) is 1.65. The lowest BCUT2D eigenvalue weighted by atomic mass is 10.2. The first kappa shape index (κ1) is 11.0. The Morgan fingerprint density at radius 3 is 2.71 bits per heavy atom. The minimum atomic E-state index is -0.453. The highest BCUT2D eigenvalue weighted by Crippen LogP contribution is 2.09. The molecule has 2 amide bonds. The molecule has 0 aromatic rings. The molecule has 3 N–H and O–H groups in total. The van der Waals surface area contributed by atoms with Crippen molar-refractivity contribution in [1.82, 2.24) is 10.2 Å². The molecule has 1 heterocycles. The number of hydrogen-bond acceptors (Lipinski definition) is 3. The topological polar surface area (TPSA) is 75.4 Å². The van der Waals surface area contributed by atoms with Gasteiger partial charge in [-0.15, -0.1) is 0 Å². The molecule has 2 atom stereocenters. The predicted molar refractivity (Wildman–Crippen MR) is 52.5 cm³/mol. The molecule has 0 aromatic carbocycles. The van der Waals surface area contributed by atoms with E-state index < -0.39 is 6.04 Å². The quantitative estimate of drug-likeness (QED) is 0.603. The minimum Gasteiger partial charge on any atom is -0.352 e. The van der Waals surface area contributed by atoms with Crippen LogP contribution in [0.2, 0.25) is 0 Å². The number of nitrogens with zero attached hydrogens (tertiary/aromatic N) is 1. The van der Waals surface area contributed by atoms with Crippen molar-refractivity contribution in [2.75, 3.05) is 13.1 Å².